The smallest absolute Gasteiger partial charge is 0.416 e. The van der Waals surface area contributed by atoms with Crippen LogP contribution in [-0.4, -0.2) is 85.5 Å². The van der Waals surface area contributed by atoms with E-state index in [1.165, 1.54) is 27.7 Å². The van der Waals surface area contributed by atoms with E-state index in [4.69, 9.17) is 4.74 Å². The summed E-state index contributed by atoms with van der Waals surface area (Å²) in [5, 5.41) is 27.4. The van der Waals surface area contributed by atoms with Crippen LogP contribution in [0.2, 0.25) is 0 Å². The summed E-state index contributed by atoms with van der Waals surface area (Å²) in [6, 6.07) is 8.08. The van der Waals surface area contributed by atoms with Crippen molar-refractivity contribution in [3.8, 4) is 11.5 Å². The number of carbonyl (C=O) groups excluding carboxylic acids is 2. The molecule has 2 aliphatic rings. The number of amides is 2. The summed E-state index contributed by atoms with van der Waals surface area (Å²) >= 11 is 0. The number of rotatable bonds is 6. The Hall–Kier alpha value is -5.38. The van der Waals surface area contributed by atoms with Gasteiger partial charge in [0.05, 0.1) is 18.8 Å². The molecule has 2 aliphatic heterocycles. The number of nitrogens with zero attached hydrogens (tertiary/aromatic N) is 6. The number of fused-ring (bicyclic) bond motifs is 1. The van der Waals surface area contributed by atoms with Crippen molar-refractivity contribution in [1.29, 1.82) is 0 Å². The highest BCUT2D eigenvalue weighted by Crippen LogP contribution is 2.31. The molecule has 0 spiro atoms. The fraction of sp³-hybridized carbons (Fsp3) is 0.323. The van der Waals surface area contributed by atoms with E-state index in [-0.39, 0.29) is 66.9 Å². The number of carbonyl (C=O) groups is 2. The maximum Gasteiger partial charge on any atom is 0.416 e. The number of piperazine rings is 1. The third-order valence-corrected chi connectivity index (χ3v) is 8.14. The molecule has 47 heavy (non-hydrogen) atoms. The Balaban J connectivity index is 1.31. The highest BCUT2D eigenvalue weighted by Gasteiger charge is 2.31. The molecule has 16 heteroatoms. The van der Waals surface area contributed by atoms with Gasteiger partial charge >= 0.3 is 6.18 Å². The van der Waals surface area contributed by atoms with E-state index in [2.05, 4.69) is 15.4 Å². The molecule has 3 N–H and O–H groups in total. The number of anilines is 2. The third kappa shape index (κ3) is 6.23. The fourth-order valence-corrected chi connectivity index (χ4v) is 5.69. The summed E-state index contributed by atoms with van der Waals surface area (Å²) < 4.78 is 47.0. The lowest BCUT2D eigenvalue weighted by atomic mass is 10.1. The Morgan fingerprint density at radius 3 is 2.32 bits per heavy atom. The van der Waals surface area contributed by atoms with Gasteiger partial charge in [0.1, 0.15) is 29.3 Å². The van der Waals surface area contributed by atoms with Crippen molar-refractivity contribution in [2.24, 2.45) is 0 Å². The van der Waals surface area contributed by atoms with Gasteiger partial charge in [0.25, 0.3) is 11.5 Å². The Kier molecular flexibility index (Phi) is 8.36. The number of phenols is 2. The number of hydrogen-bond acceptors (Lipinski definition) is 9. The number of phenolic OH excluding ortho intramolecular Hbond substituents is 2. The minimum absolute atomic E-state index is 0.102. The van der Waals surface area contributed by atoms with Crippen LogP contribution in [0, 0.1) is 6.92 Å². The number of ether oxygens (including phenoxy) is 1. The Morgan fingerprint density at radius 1 is 1.02 bits per heavy atom. The minimum Gasteiger partial charge on any atom is -0.507 e. The van der Waals surface area contributed by atoms with Gasteiger partial charge < -0.3 is 34.6 Å². The average molecular weight is 654 g/mol. The predicted octanol–water partition coefficient (Wildman–Crippen LogP) is 3.03. The van der Waals surface area contributed by atoms with E-state index in [1.807, 2.05) is 6.08 Å². The van der Waals surface area contributed by atoms with Crippen molar-refractivity contribution in [1.82, 2.24) is 24.1 Å². The van der Waals surface area contributed by atoms with Gasteiger partial charge in [-0.2, -0.15) is 22.7 Å². The molecule has 13 nitrogen and oxygen atoms in total. The van der Waals surface area contributed by atoms with Crippen LogP contribution < -0.4 is 15.8 Å². The second-order valence-corrected chi connectivity index (χ2v) is 11.1. The second-order valence-electron chi connectivity index (χ2n) is 11.1. The van der Waals surface area contributed by atoms with Gasteiger partial charge in [-0.1, -0.05) is 12.1 Å². The molecule has 0 bridgehead atoms. The number of hydrogen-bond donors (Lipinski definition) is 3. The van der Waals surface area contributed by atoms with Crippen molar-refractivity contribution < 1.29 is 37.7 Å². The summed E-state index contributed by atoms with van der Waals surface area (Å²) in [6.45, 7) is 2.87. The first-order valence-electron chi connectivity index (χ1n) is 14.7. The zero-order valence-electron chi connectivity index (χ0n) is 25.1. The topological polar surface area (TPSA) is 155 Å². The fourth-order valence-electron chi connectivity index (χ4n) is 5.69. The van der Waals surface area contributed by atoms with Crippen LogP contribution in [-0.2, 0) is 22.3 Å². The molecule has 1 saturated heterocycles. The number of halogens is 3. The van der Waals surface area contributed by atoms with Crippen molar-refractivity contribution >= 4 is 34.5 Å². The van der Waals surface area contributed by atoms with Crippen molar-refractivity contribution in [2.45, 2.75) is 26.1 Å². The molecule has 4 heterocycles. The van der Waals surface area contributed by atoms with E-state index < -0.39 is 29.1 Å². The molecule has 0 saturated carbocycles. The standard InChI is InChI=1S/C31H30F3N7O6/c1-18-26(38-11-13-39(14-12-38)28(45)25-22(42)3-2-4-23(25)43)29(46)41-30(36-27(37-41)19-9-15-47-16-10-19)40(18)17-24(44)35-21-7-5-20(6-8-21)31(32,33)34/h2-9,42-43H,10-17H2,1H3,(H,35,44). The second kappa shape index (κ2) is 12.4. The van der Waals surface area contributed by atoms with Crippen LogP contribution in [0.1, 0.15) is 33.9 Å². The SMILES string of the molecule is Cc1c(N2CCN(C(=O)c3c(O)cccc3O)CC2)c(=O)n2nc(C3=CCOCC3)nc2n1CC(=O)Nc1ccc(C(F)(F)F)cc1. The lowest BCUT2D eigenvalue weighted by Crippen LogP contribution is -2.50. The molecule has 2 aromatic carbocycles. The minimum atomic E-state index is -4.52. The first kappa shape index (κ1) is 31.6. The highest BCUT2D eigenvalue weighted by atomic mass is 19.4. The van der Waals surface area contributed by atoms with Gasteiger partial charge in [0, 0.05) is 37.6 Å². The van der Waals surface area contributed by atoms with E-state index in [0.717, 1.165) is 34.4 Å². The predicted molar refractivity (Wildman–Crippen MR) is 163 cm³/mol. The quantitative estimate of drug-likeness (QED) is 0.285. The molecule has 0 aliphatic carbocycles. The molecule has 4 aromatic rings. The maximum atomic E-state index is 13.9. The number of aromatic nitrogens is 4. The Bertz CT molecular complexity index is 1920. The van der Waals surface area contributed by atoms with Gasteiger partial charge in [-0.05, 0) is 55.3 Å². The van der Waals surface area contributed by atoms with Gasteiger partial charge in [0.15, 0.2) is 5.82 Å². The normalized spacial score (nSPS) is 15.5. The summed E-state index contributed by atoms with van der Waals surface area (Å²) in [5.41, 5.74) is 0.00932. The van der Waals surface area contributed by atoms with Gasteiger partial charge in [-0.25, -0.2) is 0 Å². The number of nitrogens with one attached hydrogen (secondary N) is 1. The van der Waals surface area contributed by atoms with Crippen molar-refractivity contribution in [2.75, 3.05) is 49.6 Å². The first-order valence-corrected chi connectivity index (χ1v) is 14.7. The molecular formula is C31H30F3N7O6. The summed E-state index contributed by atoms with van der Waals surface area (Å²) in [7, 11) is 0. The van der Waals surface area contributed by atoms with Gasteiger partial charge in [-0.3, -0.25) is 14.4 Å². The Labute approximate surface area is 265 Å². The summed E-state index contributed by atoms with van der Waals surface area (Å²) in [4.78, 5) is 48.1. The number of alkyl halides is 3. The van der Waals surface area contributed by atoms with E-state index in [9.17, 15) is 37.8 Å². The molecule has 0 radical (unpaired) electrons. The van der Waals surface area contributed by atoms with Crippen molar-refractivity contribution in [3.63, 3.8) is 0 Å². The zero-order valence-corrected chi connectivity index (χ0v) is 25.1. The molecular weight excluding hydrogens is 623 g/mol. The van der Waals surface area contributed by atoms with E-state index in [1.54, 1.807) is 11.8 Å². The van der Waals surface area contributed by atoms with Gasteiger partial charge in [0.2, 0.25) is 11.7 Å². The largest absolute Gasteiger partial charge is 0.507 e. The lowest BCUT2D eigenvalue weighted by Gasteiger charge is -2.36. The van der Waals surface area contributed by atoms with Crippen LogP contribution in [0.25, 0.3) is 11.4 Å². The van der Waals surface area contributed by atoms with E-state index >= 15 is 0 Å². The summed E-state index contributed by atoms with van der Waals surface area (Å²) in [6.07, 6.45) is -2.18. The molecule has 1 fully saturated rings. The first-order chi connectivity index (χ1) is 22.4. The Morgan fingerprint density at radius 2 is 1.70 bits per heavy atom. The van der Waals surface area contributed by atoms with Crippen LogP contribution in [0.15, 0.2) is 53.3 Å². The van der Waals surface area contributed by atoms with Crippen LogP contribution in [0.4, 0.5) is 24.5 Å². The van der Waals surface area contributed by atoms with Crippen LogP contribution >= 0.6 is 0 Å². The molecule has 0 atom stereocenters. The zero-order chi connectivity index (χ0) is 33.5. The molecule has 6 rings (SSSR count). The molecule has 2 amide bonds. The monoisotopic (exact) mass is 653 g/mol. The highest BCUT2D eigenvalue weighted by molar-refractivity contribution is 5.99. The average Bonchev–Trinajstić information content (AvgIpc) is 3.50. The molecule has 0 unspecified atom stereocenters. The number of aromatic hydroxyl groups is 2. The van der Waals surface area contributed by atoms with Crippen LogP contribution in [0.3, 0.4) is 0 Å². The third-order valence-electron chi connectivity index (χ3n) is 8.14. The maximum absolute atomic E-state index is 13.9. The van der Waals surface area contributed by atoms with E-state index in [0.29, 0.717) is 31.2 Å². The summed E-state index contributed by atoms with van der Waals surface area (Å²) in [5.74, 6) is -1.43. The molecule has 246 valence electrons. The van der Waals surface area contributed by atoms with Gasteiger partial charge in [-0.15, -0.1) is 5.10 Å². The van der Waals surface area contributed by atoms with Crippen molar-refractivity contribution in [3.05, 3.63) is 81.5 Å². The lowest BCUT2D eigenvalue weighted by molar-refractivity contribution is -0.137. The molecule has 2 aromatic heterocycles. The number of benzene rings is 2. The van der Waals surface area contributed by atoms with Crippen LogP contribution in [0.5, 0.6) is 11.5 Å².